The molecule has 0 atom stereocenters. The predicted octanol–water partition coefficient (Wildman–Crippen LogP) is 4.08. The van der Waals surface area contributed by atoms with Crippen LogP contribution in [0.1, 0.15) is 11.1 Å². The molecule has 5 heteroatoms. The molecule has 0 bridgehead atoms. The smallest absolute Gasteiger partial charge is 0.133 e. The Morgan fingerprint density at radius 3 is 2.75 bits per heavy atom. The first-order valence-corrected chi connectivity index (χ1v) is 6.69. The zero-order valence-corrected chi connectivity index (χ0v) is 12.4. The van der Waals surface area contributed by atoms with Crippen molar-refractivity contribution in [3.63, 3.8) is 0 Å². The molecular weight excluding hydrogens is 323 g/mol. The molecule has 0 saturated carbocycles. The lowest BCUT2D eigenvalue weighted by Gasteiger charge is -2.10. The normalized spacial score (nSPS) is 9.90. The van der Waals surface area contributed by atoms with Crippen LogP contribution in [0.25, 0.3) is 0 Å². The molecule has 0 radical (unpaired) electrons. The van der Waals surface area contributed by atoms with Crippen LogP contribution < -0.4 is 10.1 Å². The first-order valence-electron chi connectivity index (χ1n) is 5.90. The van der Waals surface area contributed by atoms with E-state index in [9.17, 15) is 4.39 Å². The van der Waals surface area contributed by atoms with Crippen LogP contribution >= 0.6 is 15.9 Å². The number of benzene rings is 2. The van der Waals surface area contributed by atoms with Crippen LogP contribution in [0, 0.1) is 17.1 Å². The fourth-order valence-corrected chi connectivity index (χ4v) is 2.33. The van der Waals surface area contributed by atoms with Crippen molar-refractivity contribution in [2.45, 2.75) is 6.54 Å². The molecule has 3 nitrogen and oxygen atoms in total. The number of nitrogens with one attached hydrogen (secondary N) is 1. The van der Waals surface area contributed by atoms with Crippen LogP contribution in [0.5, 0.6) is 5.75 Å². The lowest BCUT2D eigenvalue weighted by molar-refractivity contribution is 0.412. The molecule has 0 heterocycles. The SMILES string of the molecule is COc1ccc(NCc2cc(F)ccc2C#N)cc1Br. The summed E-state index contributed by atoms with van der Waals surface area (Å²) in [7, 11) is 1.60. The average molecular weight is 335 g/mol. The Balaban J connectivity index is 2.15. The van der Waals surface area contributed by atoms with Gasteiger partial charge in [-0.25, -0.2) is 4.39 Å². The van der Waals surface area contributed by atoms with Gasteiger partial charge in [-0.15, -0.1) is 0 Å². The number of hydrogen-bond acceptors (Lipinski definition) is 3. The van der Waals surface area contributed by atoms with Gasteiger partial charge < -0.3 is 10.1 Å². The van der Waals surface area contributed by atoms with Gasteiger partial charge in [-0.2, -0.15) is 5.26 Å². The van der Waals surface area contributed by atoms with Gasteiger partial charge in [0.2, 0.25) is 0 Å². The average Bonchev–Trinajstić information content (AvgIpc) is 2.45. The van der Waals surface area contributed by atoms with E-state index in [2.05, 4.69) is 27.3 Å². The summed E-state index contributed by atoms with van der Waals surface area (Å²) >= 11 is 3.40. The summed E-state index contributed by atoms with van der Waals surface area (Å²) in [5.41, 5.74) is 1.94. The van der Waals surface area contributed by atoms with E-state index in [0.717, 1.165) is 15.9 Å². The number of ether oxygens (including phenoxy) is 1. The minimum atomic E-state index is -0.350. The fraction of sp³-hybridized carbons (Fsp3) is 0.133. The number of methoxy groups -OCH3 is 1. The summed E-state index contributed by atoms with van der Waals surface area (Å²) in [6.45, 7) is 0.374. The van der Waals surface area contributed by atoms with E-state index in [0.29, 0.717) is 17.7 Å². The Morgan fingerprint density at radius 1 is 1.30 bits per heavy atom. The van der Waals surface area contributed by atoms with Gasteiger partial charge >= 0.3 is 0 Å². The maximum Gasteiger partial charge on any atom is 0.133 e. The second kappa shape index (κ2) is 6.40. The van der Waals surface area contributed by atoms with Gasteiger partial charge in [0.1, 0.15) is 11.6 Å². The van der Waals surface area contributed by atoms with Crippen LogP contribution in [-0.2, 0) is 6.54 Å². The topological polar surface area (TPSA) is 45.0 Å². The minimum Gasteiger partial charge on any atom is -0.496 e. The van der Waals surface area contributed by atoms with E-state index < -0.39 is 0 Å². The zero-order chi connectivity index (χ0) is 14.5. The maximum atomic E-state index is 13.2. The Bertz CT molecular complexity index is 667. The molecule has 2 rings (SSSR count). The molecule has 102 valence electrons. The summed E-state index contributed by atoms with van der Waals surface area (Å²) in [5, 5.41) is 12.1. The lowest BCUT2D eigenvalue weighted by Crippen LogP contribution is -2.02. The predicted molar refractivity (Wildman–Crippen MR) is 79.1 cm³/mol. The summed E-state index contributed by atoms with van der Waals surface area (Å²) in [4.78, 5) is 0. The van der Waals surface area contributed by atoms with Crippen LogP contribution in [0.2, 0.25) is 0 Å². The van der Waals surface area contributed by atoms with E-state index in [1.165, 1.54) is 18.2 Å². The molecule has 0 aliphatic heterocycles. The van der Waals surface area contributed by atoms with Gasteiger partial charge in [-0.05, 0) is 57.9 Å². The third kappa shape index (κ3) is 3.28. The summed E-state index contributed by atoms with van der Waals surface area (Å²) in [5.74, 6) is 0.385. The minimum absolute atomic E-state index is 0.350. The van der Waals surface area contributed by atoms with E-state index in [1.807, 2.05) is 18.2 Å². The van der Waals surface area contributed by atoms with Crippen LogP contribution in [0.15, 0.2) is 40.9 Å². The highest BCUT2D eigenvalue weighted by atomic mass is 79.9. The molecule has 0 fully saturated rings. The van der Waals surface area contributed by atoms with E-state index >= 15 is 0 Å². The highest BCUT2D eigenvalue weighted by molar-refractivity contribution is 9.10. The Kier molecular flexibility index (Phi) is 4.59. The maximum absolute atomic E-state index is 13.2. The molecule has 2 aromatic carbocycles. The Morgan fingerprint density at radius 2 is 2.10 bits per heavy atom. The number of halogens is 2. The highest BCUT2D eigenvalue weighted by Crippen LogP contribution is 2.28. The van der Waals surface area contributed by atoms with E-state index in [1.54, 1.807) is 7.11 Å². The van der Waals surface area contributed by atoms with Crippen molar-refractivity contribution in [2.75, 3.05) is 12.4 Å². The second-order valence-electron chi connectivity index (χ2n) is 4.12. The molecule has 2 aromatic rings. The molecule has 0 spiro atoms. The monoisotopic (exact) mass is 334 g/mol. The van der Waals surface area contributed by atoms with Gasteiger partial charge in [0, 0.05) is 12.2 Å². The molecular formula is C15H12BrFN2O. The number of nitrogens with zero attached hydrogens (tertiary/aromatic N) is 1. The molecule has 0 saturated heterocycles. The first kappa shape index (κ1) is 14.4. The molecule has 0 aliphatic carbocycles. The molecule has 1 N–H and O–H groups in total. The van der Waals surface area contributed by atoms with Gasteiger partial charge in [0.05, 0.1) is 23.2 Å². The van der Waals surface area contributed by atoms with E-state index in [4.69, 9.17) is 10.00 Å². The standard InChI is InChI=1S/C15H12BrFN2O/c1-20-15-5-4-13(7-14(15)16)19-9-11-6-12(17)3-2-10(11)8-18/h2-7,19H,9H2,1H3. The lowest BCUT2D eigenvalue weighted by atomic mass is 10.1. The highest BCUT2D eigenvalue weighted by Gasteiger charge is 2.05. The molecule has 0 unspecified atom stereocenters. The Hall–Kier alpha value is -2.06. The molecule has 0 amide bonds. The van der Waals surface area contributed by atoms with Crippen molar-refractivity contribution in [3.05, 3.63) is 57.8 Å². The number of rotatable bonds is 4. The molecule has 0 aromatic heterocycles. The Labute approximate surface area is 125 Å². The van der Waals surface area contributed by atoms with Gasteiger partial charge in [0.25, 0.3) is 0 Å². The van der Waals surface area contributed by atoms with Crippen LogP contribution in [-0.4, -0.2) is 7.11 Å². The van der Waals surface area contributed by atoms with Gasteiger partial charge in [0.15, 0.2) is 0 Å². The van der Waals surface area contributed by atoms with Crippen molar-refractivity contribution >= 4 is 21.6 Å². The van der Waals surface area contributed by atoms with Crippen LogP contribution in [0.3, 0.4) is 0 Å². The van der Waals surface area contributed by atoms with Crippen molar-refractivity contribution in [1.82, 2.24) is 0 Å². The summed E-state index contributed by atoms with van der Waals surface area (Å²) in [6.07, 6.45) is 0. The van der Waals surface area contributed by atoms with E-state index in [-0.39, 0.29) is 5.82 Å². The third-order valence-corrected chi connectivity index (χ3v) is 3.44. The summed E-state index contributed by atoms with van der Waals surface area (Å²) in [6, 6.07) is 11.7. The van der Waals surface area contributed by atoms with Gasteiger partial charge in [-0.3, -0.25) is 0 Å². The number of nitriles is 1. The van der Waals surface area contributed by atoms with Crippen molar-refractivity contribution in [3.8, 4) is 11.8 Å². The van der Waals surface area contributed by atoms with Crippen molar-refractivity contribution in [1.29, 1.82) is 5.26 Å². The quantitative estimate of drug-likeness (QED) is 0.916. The largest absolute Gasteiger partial charge is 0.496 e. The third-order valence-electron chi connectivity index (χ3n) is 2.82. The first-order chi connectivity index (χ1) is 9.63. The van der Waals surface area contributed by atoms with Crippen molar-refractivity contribution < 1.29 is 9.13 Å². The fourth-order valence-electron chi connectivity index (χ4n) is 1.79. The molecule has 20 heavy (non-hydrogen) atoms. The number of hydrogen-bond donors (Lipinski definition) is 1. The van der Waals surface area contributed by atoms with Crippen molar-refractivity contribution in [2.24, 2.45) is 0 Å². The van der Waals surface area contributed by atoms with Gasteiger partial charge in [-0.1, -0.05) is 0 Å². The number of anilines is 1. The molecule has 0 aliphatic rings. The van der Waals surface area contributed by atoms with Crippen LogP contribution in [0.4, 0.5) is 10.1 Å². The second-order valence-corrected chi connectivity index (χ2v) is 4.97. The summed E-state index contributed by atoms with van der Waals surface area (Å²) < 4.78 is 19.2. The zero-order valence-electron chi connectivity index (χ0n) is 10.8.